The summed E-state index contributed by atoms with van der Waals surface area (Å²) < 4.78 is 3.52. The van der Waals surface area contributed by atoms with E-state index in [1.807, 2.05) is 0 Å². The van der Waals surface area contributed by atoms with Gasteiger partial charge < -0.3 is 4.57 Å². The van der Waals surface area contributed by atoms with Crippen molar-refractivity contribution in [1.82, 2.24) is 4.57 Å². The van der Waals surface area contributed by atoms with Crippen LogP contribution in [0.4, 0.5) is 0 Å². The average molecular weight is 514 g/mol. The zero-order valence-corrected chi connectivity index (χ0v) is 21.3. The molecule has 168 valence electrons. The number of hydrogen-bond acceptors (Lipinski definition) is 0. The van der Waals surface area contributed by atoms with Gasteiger partial charge in [-0.05, 0) is 75.8 Å². The van der Waals surface area contributed by atoms with Crippen molar-refractivity contribution in [3.63, 3.8) is 0 Å². The highest BCUT2D eigenvalue weighted by atomic mass is 79.9. The minimum atomic E-state index is -0.0286. The van der Waals surface area contributed by atoms with E-state index in [-0.39, 0.29) is 5.41 Å². The van der Waals surface area contributed by atoms with E-state index in [1.54, 1.807) is 0 Å². The van der Waals surface area contributed by atoms with Crippen LogP contribution in [0.3, 0.4) is 0 Å². The molecule has 35 heavy (non-hydrogen) atoms. The van der Waals surface area contributed by atoms with Crippen LogP contribution in [0.15, 0.2) is 114 Å². The molecule has 0 N–H and O–H groups in total. The van der Waals surface area contributed by atoms with Gasteiger partial charge in [-0.1, -0.05) is 96.5 Å². The Morgan fingerprint density at radius 1 is 0.571 bits per heavy atom. The van der Waals surface area contributed by atoms with Gasteiger partial charge in [-0.15, -0.1) is 0 Å². The van der Waals surface area contributed by atoms with Crippen LogP contribution in [-0.2, 0) is 5.41 Å². The second kappa shape index (κ2) is 7.44. The number of nitrogens with zero attached hydrogens (tertiary/aromatic N) is 1. The van der Waals surface area contributed by atoms with Gasteiger partial charge in [0, 0.05) is 26.3 Å². The molecule has 0 amide bonds. The van der Waals surface area contributed by atoms with Gasteiger partial charge in [-0.3, -0.25) is 0 Å². The number of benzene rings is 5. The number of hydrogen-bond donors (Lipinski definition) is 0. The molecular weight excluding hydrogens is 490 g/mol. The first-order valence-electron chi connectivity index (χ1n) is 12.1. The summed E-state index contributed by atoms with van der Waals surface area (Å²) in [6, 6.07) is 39.9. The van der Waals surface area contributed by atoms with Gasteiger partial charge in [0.2, 0.25) is 0 Å². The molecule has 0 spiro atoms. The van der Waals surface area contributed by atoms with Crippen LogP contribution < -0.4 is 0 Å². The fourth-order valence-electron chi connectivity index (χ4n) is 5.90. The van der Waals surface area contributed by atoms with Gasteiger partial charge in [0.1, 0.15) is 0 Å². The van der Waals surface area contributed by atoms with Crippen molar-refractivity contribution in [2.24, 2.45) is 0 Å². The minimum Gasteiger partial charge on any atom is -0.309 e. The summed E-state index contributed by atoms with van der Waals surface area (Å²) in [6.45, 7) is 4.70. The standard InChI is InChI=1S/C33H24BrN/c1-33(2)29-11-7-6-10-25(29)26-19-28-27-18-23(34)14-17-31(27)35(32(28)20-30(26)33)24-15-12-22(13-16-24)21-8-4-3-5-9-21/h3-20H,1-2H3. The molecule has 1 nitrogen and oxygen atoms in total. The third-order valence-electron chi connectivity index (χ3n) is 7.66. The molecule has 6 aromatic rings. The Labute approximate surface area is 213 Å². The summed E-state index contributed by atoms with van der Waals surface area (Å²) in [5.41, 5.74) is 11.6. The Balaban J connectivity index is 1.51. The predicted molar refractivity (Wildman–Crippen MR) is 151 cm³/mol. The maximum absolute atomic E-state index is 3.72. The summed E-state index contributed by atoms with van der Waals surface area (Å²) in [5.74, 6) is 0. The number of fused-ring (bicyclic) bond motifs is 6. The zero-order chi connectivity index (χ0) is 23.7. The number of halogens is 1. The molecule has 1 aliphatic rings. The predicted octanol–water partition coefficient (Wildman–Crippen LogP) is 9.52. The van der Waals surface area contributed by atoms with Crippen molar-refractivity contribution in [3.8, 4) is 27.9 Å². The van der Waals surface area contributed by atoms with Gasteiger partial charge in [-0.2, -0.15) is 0 Å². The van der Waals surface area contributed by atoms with Crippen LogP contribution in [0.25, 0.3) is 49.7 Å². The molecule has 0 saturated heterocycles. The molecule has 0 aliphatic heterocycles. The molecule has 0 unspecified atom stereocenters. The lowest BCUT2D eigenvalue weighted by Gasteiger charge is -2.21. The molecule has 0 bridgehead atoms. The normalized spacial score (nSPS) is 13.8. The fourth-order valence-corrected chi connectivity index (χ4v) is 6.26. The SMILES string of the molecule is CC1(C)c2ccccc2-c2cc3c4cc(Br)ccc4n(-c4ccc(-c5ccccc5)cc4)c3cc21. The highest BCUT2D eigenvalue weighted by Gasteiger charge is 2.36. The van der Waals surface area contributed by atoms with Crippen LogP contribution >= 0.6 is 15.9 Å². The van der Waals surface area contributed by atoms with Crippen LogP contribution in [0.5, 0.6) is 0 Å². The minimum absolute atomic E-state index is 0.0286. The summed E-state index contributed by atoms with van der Waals surface area (Å²) in [7, 11) is 0. The first-order valence-corrected chi connectivity index (χ1v) is 12.9. The lowest BCUT2D eigenvalue weighted by atomic mass is 9.82. The van der Waals surface area contributed by atoms with E-state index in [1.165, 1.54) is 60.9 Å². The topological polar surface area (TPSA) is 4.93 Å². The van der Waals surface area contributed by atoms with E-state index in [0.29, 0.717) is 0 Å². The van der Waals surface area contributed by atoms with E-state index < -0.39 is 0 Å². The molecule has 1 heterocycles. The maximum Gasteiger partial charge on any atom is 0.0544 e. The fraction of sp³-hybridized carbons (Fsp3) is 0.0909. The monoisotopic (exact) mass is 513 g/mol. The molecule has 0 radical (unpaired) electrons. The summed E-state index contributed by atoms with van der Waals surface area (Å²) in [5, 5.41) is 2.56. The van der Waals surface area contributed by atoms with E-state index in [0.717, 1.165) is 4.47 Å². The van der Waals surface area contributed by atoms with Crippen molar-refractivity contribution in [2.45, 2.75) is 19.3 Å². The van der Waals surface area contributed by atoms with Gasteiger partial charge in [0.15, 0.2) is 0 Å². The molecule has 1 aromatic heterocycles. The molecule has 0 fully saturated rings. The quantitative estimate of drug-likeness (QED) is 0.217. The summed E-state index contributed by atoms with van der Waals surface area (Å²) in [4.78, 5) is 0. The average Bonchev–Trinajstić information content (AvgIpc) is 3.32. The van der Waals surface area contributed by atoms with Crippen molar-refractivity contribution in [3.05, 3.63) is 125 Å². The molecule has 1 aliphatic carbocycles. The zero-order valence-electron chi connectivity index (χ0n) is 19.7. The highest BCUT2D eigenvalue weighted by Crippen LogP contribution is 2.51. The second-order valence-corrected chi connectivity index (χ2v) is 10.9. The third-order valence-corrected chi connectivity index (χ3v) is 8.16. The van der Waals surface area contributed by atoms with Crippen molar-refractivity contribution in [2.75, 3.05) is 0 Å². The van der Waals surface area contributed by atoms with Gasteiger partial charge in [-0.25, -0.2) is 0 Å². The lowest BCUT2D eigenvalue weighted by Crippen LogP contribution is -2.14. The van der Waals surface area contributed by atoms with Gasteiger partial charge in [0.25, 0.3) is 0 Å². The van der Waals surface area contributed by atoms with Crippen molar-refractivity contribution in [1.29, 1.82) is 0 Å². The van der Waals surface area contributed by atoms with Crippen LogP contribution in [0.2, 0.25) is 0 Å². The van der Waals surface area contributed by atoms with Crippen LogP contribution in [-0.4, -0.2) is 4.57 Å². The van der Waals surface area contributed by atoms with Crippen molar-refractivity contribution < 1.29 is 0 Å². The van der Waals surface area contributed by atoms with E-state index in [4.69, 9.17) is 0 Å². The number of aromatic nitrogens is 1. The first-order chi connectivity index (χ1) is 17.0. The highest BCUT2D eigenvalue weighted by molar-refractivity contribution is 9.10. The summed E-state index contributed by atoms with van der Waals surface area (Å²) >= 11 is 3.72. The molecular formula is C33H24BrN. The largest absolute Gasteiger partial charge is 0.309 e. The maximum atomic E-state index is 3.72. The van der Waals surface area contributed by atoms with Gasteiger partial charge in [0.05, 0.1) is 11.0 Å². The summed E-state index contributed by atoms with van der Waals surface area (Å²) in [6.07, 6.45) is 0. The van der Waals surface area contributed by atoms with Crippen LogP contribution in [0.1, 0.15) is 25.0 Å². The molecule has 7 rings (SSSR count). The Morgan fingerprint density at radius 3 is 2.06 bits per heavy atom. The van der Waals surface area contributed by atoms with Crippen LogP contribution in [0, 0.1) is 0 Å². The Kier molecular flexibility index (Phi) is 4.40. The van der Waals surface area contributed by atoms with E-state index >= 15 is 0 Å². The molecule has 0 atom stereocenters. The molecule has 0 saturated carbocycles. The van der Waals surface area contributed by atoms with E-state index in [2.05, 4.69) is 144 Å². The van der Waals surface area contributed by atoms with Gasteiger partial charge >= 0.3 is 0 Å². The third kappa shape index (κ3) is 3.00. The Bertz CT molecular complexity index is 1760. The Hall–Kier alpha value is -3.62. The Morgan fingerprint density at radius 2 is 1.26 bits per heavy atom. The lowest BCUT2D eigenvalue weighted by molar-refractivity contribution is 0.661. The number of rotatable bonds is 2. The molecule has 5 aromatic carbocycles. The van der Waals surface area contributed by atoms with Crippen molar-refractivity contribution >= 4 is 37.7 Å². The first kappa shape index (κ1) is 20.7. The smallest absolute Gasteiger partial charge is 0.0544 e. The second-order valence-electron chi connectivity index (χ2n) is 10.00. The van der Waals surface area contributed by atoms with E-state index in [9.17, 15) is 0 Å². The molecule has 2 heteroatoms.